The van der Waals surface area contributed by atoms with Crippen LogP contribution in [-0.2, 0) is 0 Å². The van der Waals surface area contributed by atoms with Crippen molar-refractivity contribution < 1.29 is 4.42 Å². The van der Waals surface area contributed by atoms with Gasteiger partial charge in [0.1, 0.15) is 11.1 Å². The molecule has 0 fully saturated rings. The van der Waals surface area contributed by atoms with Crippen LogP contribution in [0.2, 0.25) is 0 Å². The SMILES string of the molecule is c1ccc2c3c(ccc2c1)C(c1ccc2oc4nc(-n5c6ccc7ccccc7c6c6c7ccccc7ccc65)cnc4c2c1)c1ccc2ccccc2c1-3. The Balaban J connectivity index is 1.02. The molecule has 13 rings (SSSR count). The molecule has 3 heterocycles. The Morgan fingerprint density at radius 1 is 0.473 bits per heavy atom. The Hall–Kier alpha value is -7.30. The van der Waals surface area contributed by atoms with E-state index >= 15 is 0 Å². The van der Waals surface area contributed by atoms with Crippen molar-refractivity contribution >= 4 is 87.1 Å². The molecule has 0 radical (unpaired) electrons. The fraction of sp³-hybridized carbons (Fsp3) is 0.0196. The lowest BCUT2D eigenvalue weighted by molar-refractivity contribution is 0.651. The quantitative estimate of drug-likeness (QED) is 0.180. The van der Waals surface area contributed by atoms with E-state index in [0.717, 1.165) is 33.3 Å². The van der Waals surface area contributed by atoms with Gasteiger partial charge in [0.2, 0.25) is 5.71 Å². The van der Waals surface area contributed by atoms with Gasteiger partial charge in [-0.05, 0) is 95.2 Å². The lowest BCUT2D eigenvalue weighted by atomic mass is 9.88. The van der Waals surface area contributed by atoms with Gasteiger partial charge in [0.05, 0.1) is 17.2 Å². The van der Waals surface area contributed by atoms with Gasteiger partial charge in [-0.15, -0.1) is 0 Å². The molecule has 9 aromatic carbocycles. The summed E-state index contributed by atoms with van der Waals surface area (Å²) < 4.78 is 8.79. The average molecular weight is 700 g/mol. The zero-order valence-corrected chi connectivity index (χ0v) is 29.5. The van der Waals surface area contributed by atoms with Crippen LogP contribution in [0.3, 0.4) is 0 Å². The van der Waals surface area contributed by atoms with Gasteiger partial charge in [0.15, 0.2) is 5.82 Å². The second-order valence-corrected chi connectivity index (χ2v) is 14.9. The van der Waals surface area contributed by atoms with Crippen molar-refractivity contribution in [3.05, 3.63) is 187 Å². The summed E-state index contributed by atoms with van der Waals surface area (Å²) in [6.45, 7) is 0. The van der Waals surface area contributed by atoms with E-state index in [0.29, 0.717) is 5.71 Å². The van der Waals surface area contributed by atoms with Crippen molar-refractivity contribution in [3.63, 3.8) is 0 Å². The molecule has 0 amide bonds. The largest absolute Gasteiger partial charge is 0.436 e. The van der Waals surface area contributed by atoms with Crippen LogP contribution in [0.15, 0.2) is 174 Å². The summed E-state index contributed by atoms with van der Waals surface area (Å²) in [4.78, 5) is 10.3. The van der Waals surface area contributed by atoms with E-state index in [1.165, 1.54) is 81.7 Å². The monoisotopic (exact) mass is 699 g/mol. The van der Waals surface area contributed by atoms with Gasteiger partial charge in [-0.3, -0.25) is 4.57 Å². The van der Waals surface area contributed by atoms with E-state index in [2.05, 4.69) is 168 Å². The zero-order valence-electron chi connectivity index (χ0n) is 29.5. The Bertz CT molecular complexity index is 3450. The molecular weight excluding hydrogens is 671 g/mol. The molecule has 0 aliphatic heterocycles. The van der Waals surface area contributed by atoms with E-state index in [-0.39, 0.29) is 5.92 Å². The first-order chi connectivity index (χ1) is 27.3. The van der Waals surface area contributed by atoms with Crippen molar-refractivity contribution in [2.75, 3.05) is 0 Å². The first kappa shape index (κ1) is 29.2. The fourth-order valence-electron chi connectivity index (χ4n) is 9.77. The van der Waals surface area contributed by atoms with Crippen molar-refractivity contribution in [1.82, 2.24) is 14.5 Å². The summed E-state index contributed by atoms with van der Waals surface area (Å²) in [5, 5.41) is 13.4. The van der Waals surface area contributed by atoms with E-state index < -0.39 is 0 Å². The molecule has 254 valence electrons. The first-order valence-corrected chi connectivity index (χ1v) is 18.9. The number of hydrogen-bond acceptors (Lipinski definition) is 3. The Labute approximate surface area is 314 Å². The highest BCUT2D eigenvalue weighted by molar-refractivity contribution is 6.28. The zero-order chi connectivity index (χ0) is 35.8. The Morgan fingerprint density at radius 2 is 0.982 bits per heavy atom. The molecule has 1 aliphatic rings. The van der Waals surface area contributed by atoms with Gasteiger partial charge in [-0.2, -0.15) is 4.98 Å². The summed E-state index contributed by atoms with van der Waals surface area (Å²) in [6.07, 6.45) is 1.91. The number of hydrogen-bond donors (Lipinski definition) is 0. The topological polar surface area (TPSA) is 43.9 Å². The van der Waals surface area contributed by atoms with Gasteiger partial charge >= 0.3 is 0 Å². The van der Waals surface area contributed by atoms with Crippen LogP contribution in [0.1, 0.15) is 22.6 Å². The molecular formula is C51H29N3O. The van der Waals surface area contributed by atoms with Crippen molar-refractivity contribution in [3.8, 4) is 16.9 Å². The molecule has 0 N–H and O–H groups in total. The second-order valence-electron chi connectivity index (χ2n) is 14.9. The summed E-state index contributed by atoms with van der Waals surface area (Å²) in [7, 11) is 0. The summed E-state index contributed by atoms with van der Waals surface area (Å²) in [6, 6.07) is 59.5. The molecule has 1 aliphatic carbocycles. The molecule has 4 nitrogen and oxygen atoms in total. The first-order valence-electron chi connectivity index (χ1n) is 18.9. The maximum absolute atomic E-state index is 6.54. The minimum absolute atomic E-state index is 0.0723. The van der Waals surface area contributed by atoms with Crippen molar-refractivity contribution in [2.24, 2.45) is 0 Å². The Kier molecular flexibility index (Phi) is 5.65. The lowest BCUT2D eigenvalue weighted by Gasteiger charge is -2.15. The number of furan rings is 1. The minimum Gasteiger partial charge on any atom is -0.436 e. The predicted octanol–water partition coefficient (Wildman–Crippen LogP) is 13.2. The van der Waals surface area contributed by atoms with Gasteiger partial charge in [-0.25, -0.2) is 4.98 Å². The van der Waals surface area contributed by atoms with Crippen LogP contribution in [0.25, 0.3) is 104 Å². The van der Waals surface area contributed by atoms with Crippen LogP contribution in [0.5, 0.6) is 0 Å². The van der Waals surface area contributed by atoms with Gasteiger partial charge in [-0.1, -0.05) is 140 Å². The Morgan fingerprint density at radius 3 is 1.56 bits per heavy atom. The highest BCUT2D eigenvalue weighted by atomic mass is 16.3. The third kappa shape index (κ3) is 3.90. The highest BCUT2D eigenvalue weighted by Crippen LogP contribution is 2.53. The molecule has 0 spiro atoms. The third-order valence-corrected chi connectivity index (χ3v) is 12.1. The molecule has 0 saturated heterocycles. The lowest BCUT2D eigenvalue weighted by Crippen LogP contribution is -1.99. The number of rotatable bonds is 2. The maximum atomic E-state index is 6.54. The van der Waals surface area contributed by atoms with Crippen molar-refractivity contribution in [1.29, 1.82) is 0 Å². The maximum Gasteiger partial charge on any atom is 0.248 e. The molecule has 55 heavy (non-hydrogen) atoms. The van der Waals surface area contributed by atoms with Crippen LogP contribution < -0.4 is 0 Å². The van der Waals surface area contributed by atoms with E-state index in [4.69, 9.17) is 14.4 Å². The number of aromatic nitrogens is 3. The molecule has 12 aromatic rings. The van der Waals surface area contributed by atoms with E-state index in [1.54, 1.807) is 0 Å². The van der Waals surface area contributed by atoms with Gasteiger partial charge < -0.3 is 4.42 Å². The standard InChI is InChI=1S/C51H29N3O/c1-5-13-34-29(9-1)17-22-38-45(39-23-18-30-10-2-6-14-35(30)47(39)46(34)38)33-21-26-43-40(27-33)50-51(55-43)53-44(28-52-50)54-41-24-19-31-11-3-7-15-36(31)48(41)49-37-16-8-4-12-32(37)20-25-42(49)54/h1-28,45H. The highest BCUT2D eigenvalue weighted by Gasteiger charge is 2.33. The molecule has 0 bridgehead atoms. The molecule has 0 saturated carbocycles. The number of nitrogens with zero attached hydrogens (tertiary/aromatic N) is 3. The van der Waals surface area contributed by atoms with E-state index in [9.17, 15) is 0 Å². The number of fused-ring (bicyclic) bond motifs is 17. The molecule has 3 aromatic heterocycles. The summed E-state index contributed by atoms with van der Waals surface area (Å²) in [5.74, 6) is 0.804. The van der Waals surface area contributed by atoms with Gasteiger partial charge in [0.25, 0.3) is 0 Å². The minimum atomic E-state index is 0.0723. The second kappa shape index (κ2) is 10.6. The van der Waals surface area contributed by atoms with Crippen LogP contribution in [0, 0.1) is 0 Å². The fourth-order valence-corrected chi connectivity index (χ4v) is 9.77. The summed E-state index contributed by atoms with van der Waals surface area (Å²) >= 11 is 0. The van der Waals surface area contributed by atoms with Crippen LogP contribution >= 0.6 is 0 Å². The normalized spacial score (nSPS) is 13.0. The van der Waals surface area contributed by atoms with Crippen LogP contribution in [0.4, 0.5) is 0 Å². The van der Waals surface area contributed by atoms with Crippen molar-refractivity contribution in [2.45, 2.75) is 5.92 Å². The number of benzene rings is 9. The average Bonchev–Trinajstić information content (AvgIpc) is 3.91. The third-order valence-electron chi connectivity index (χ3n) is 12.1. The molecule has 0 atom stereocenters. The van der Waals surface area contributed by atoms with E-state index in [1.807, 2.05) is 6.20 Å². The molecule has 4 heteroatoms. The van der Waals surface area contributed by atoms with Crippen LogP contribution in [-0.4, -0.2) is 14.5 Å². The smallest absolute Gasteiger partial charge is 0.248 e. The molecule has 0 unspecified atom stereocenters. The summed E-state index contributed by atoms with van der Waals surface area (Å²) in [5.41, 5.74) is 10.8. The predicted molar refractivity (Wildman–Crippen MR) is 226 cm³/mol. The van der Waals surface area contributed by atoms with Gasteiger partial charge in [0, 0.05) is 22.1 Å².